The number of ketones is 1. The lowest BCUT2D eigenvalue weighted by molar-refractivity contribution is 0.0993. The van der Waals surface area contributed by atoms with Gasteiger partial charge in [-0.25, -0.2) is 0 Å². The Balaban J connectivity index is 1.75. The Bertz CT molecular complexity index is 547. The third-order valence-electron chi connectivity index (χ3n) is 4.70. The highest BCUT2D eigenvalue weighted by atomic mass is 16.1. The predicted octanol–water partition coefficient (Wildman–Crippen LogP) is 3.05. The number of hydrogen-bond acceptors (Lipinski definition) is 3. The first kappa shape index (κ1) is 13.4. The van der Waals surface area contributed by atoms with Crippen molar-refractivity contribution in [2.75, 3.05) is 0 Å². The quantitative estimate of drug-likeness (QED) is 0.827. The van der Waals surface area contributed by atoms with E-state index in [1.54, 1.807) is 0 Å². The highest BCUT2D eigenvalue weighted by molar-refractivity contribution is 6.01. The van der Waals surface area contributed by atoms with Crippen LogP contribution in [0.15, 0.2) is 0 Å². The number of nitriles is 1. The van der Waals surface area contributed by atoms with Gasteiger partial charge < -0.3 is 0 Å². The van der Waals surface area contributed by atoms with Crippen LogP contribution in [0.25, 0.3) is 0 Å². The number of carbonyl (C=O) groups excluding carboxylic acids is 1. The molecule has 20 heavy (non-hydrogen) atoms. The van der Waals surface area contributed by atoms with Crippen molar-refractivity contribution in [2.45, 2.75) is 64.3 Å². The van der Waals surface area contributed by atoms with Crippen LogP contribution >= 0.6 is 0 Å². The molecule has 0 unspecified atom stereocenters. The molecule has 2 aliphatic carbocycles. The second-order valence-electron chi connectivity index (χ2n) is 6.01. The molecule has 0 bridgehead atoms. The van der Waals surface area contributed by atoms with Crippen molar-refractivity contribution in [1.82, 2.24) is 9.78 Å². The maximum absolute atomic E-state index is 12.1. The number of hydrogen-bond donors (Lipinski definition) is 0. The van der Waals surface area contributed by atoms with E-state index in [2.05, 4.69) is 11.2 Å². The molecule has 1 saturated carbocycles. The van der Waals surface area contributed by atoms with Gasteiger partial charge in [0.25, 0.3) is 0 Å². The van der Waals surface area contributed by atoms with Gasteiger partial charge in [-0.2, -0.15) is 10.4 Å². The summed E-state index contributed by atoms with van der Waals surface area (Å²) in [7, 11) is 0. The minimum Gasteiger partial charge on any atom is -0.294 e. The summed E-state index contributed by atoms with van der Waals surface area (Å²) in [4.78, 5) is 12.1. The topological polar surface area (TPSA) is 58.7 Å². The van der Waals surface area contributed by atoms with Crippen LogP contribution < -0.4 is 0 Å². The average molecular weight is 271 g/mol. The standard InChI is InChI=1S/C16H21N3O/c17-10-3-11-19-14-8-9-15(20)16(14)13(18-19)7-6-12-4-1-2-5-12/h12H,1-9,11H2. The largest absolute Gasteiger partial charge is 0.294 e. The van der Waals surface area contributed by atoms with Crippen molar-refractivity contribution in [3.63, 3.8) is 0 Å². The van der Waals surface area contributed by atoms with Crippen molar-refractivity contribution >= 4 is 5.78 Å². The number of carbonyl (C=O) groups is 1. The zero-order valence-electron chi connectivity index (χ0n) is 11.9. The molecule has 2 aliphatic rings. The van der Waals surface area contributed by atoms with E-state index in [1.807, 2.05) is 4.68 Å². The van der Waals surface area contributed by atoms with Crippen molar-refractivity contribution in [1.29, 1.82) is 5.26 Å². The average Bonchev–Trinajstić information content (AvgIpc) is 3.14. The molecule has 0 saturated heterocycles. The lowest BCUT2D eigenvalue weighted by Crippen LogP contribution is -2.05. The Kier molecular flexibility index (Phi) is 3.86. The third kappa shape index (κ3) is 2.49. The van der Waals surface area contributed by atoms with Crippen LogP contribution in [-0.2, 0) is 19.4 Å². The Morgan fingerprint density at radius 3 is 2.85 bits per heavy atom. The maximum atomic E-state index is 12.1. The SMILES string of the molecule is N#CCCn1nc(CCC2CCCC2)c2c1CCC2=O. The van der Waals surface area contributed by atoms with Gasteiger partial charge in [-0.1, -0.05) is 25.7 Å². The Morgan fingerprint density at radius 2 is 2.10 bits per heavy atom. The van der Waals surface area contributed by atoms with Gasteiger partial charge in [0, 0.05) is 12.1 Å². The molecule has 1 fully saturated rings. The van der Waals surface area contributed by atoms with E-state index < -0.39 is 0 Å². The van der Waals surface area contributed by atoms with Gasteiger partial charge in [0.05, 0.1) is 30.3 Å². The number of aryl methyl sites for hydroxylation is 2. The smallest absolute Gasteiger partial charge is 0.166 e. The predicted molar refractivity (Wildman–Crippen MR) is 75.4 cm³/mol. The molecule has 1 aromatic heterocycles. The van der Waals surface area contributed by atoms with Crippen molar-refractivity contribution in [3.8, 4) is 6.07 Å². The molecule has 3 rings (SSSR count). The van der Waals surface area contributed by atoms with Crippen molar-refractivity contribution in [3.05, 3.63) is 17.0 Å². The molecular formula is C16H21N3O. The van der Waals surface area contributed by atoms with E-state index in [0.717, 1.165) is 42.1 Å². The summed E-state index contributed by atoms with van der Waals surface area (Å²) in [6, 6.07) is 2.16. The molecule has 4 nitrogen and oxygen atoms in total. The van der Waals surface area contributed by atoms with Crippen LogP contribution in [0, 0.1) is 17.2 Å². The van der Waals surface area contributed by atoms with Crippen LogP contribution in [0.4, 0.5) is 0 Å². The molecule has 0 spiro atoms. The number of aromatic nitrogens is 2. The first-order chi connectivity index (χ1) is 9.79. The highest BCUT2D eigenvalue weighted by Gasteiger charge is 2.29. The number of fused-ring (bicyclic) bond motifs is 1. The lowest BCUT2D eigenvalue weighted by atomic mass is 9.99. The van der Waals surface area contributed by atoms with Gasteiger partial charge in [-0.15, -0.1) is 0 Å². The number of Topliss-reactive ketones (excluding diaryl/α,β-unsaturated/α-hetero) is 1. The molecule has 0 amide bonds. The summed E-state index contributed by atoms with van der Waals surface area (Å²) in [5.41, 5.74) is 2.96. The highest BCUT2D eigenvalue weighted by Crippen LogP contribution is 2.31. The molecule has 4 heteroatoms. The summed E-state index contributed by atoms with van der Waals surface area (Å²) in [5, 5.41) is 13.3. The van der Waals surface area contributed by atoms with Gasteiger partial charge in [-0.3, -0.25) is 9.48 Å². The molecule has 1 heterocycles. The van der Waals surface area contributed by atoms with Gasteiger partial charge in [0.1, 0.15) is 0 Å². The molecule has 106 valence electrons. The molecule has 0 radical (unpaired) electrons. The Hall–Kier alpha value is -1.63. The fourth-order valence-electron chi connectivity index (χ4n) is 3.64. The zero-order chi connectivity index (χ0) is 13.9. The molecule has 0 aliphatic heterocycles. The first-order valence-corrected chi connectivity index (χ1v) is 7.78. The van der Waals surface area contributed by atoms with Gasteiger partial charge in [0.15, 0.2) is 5.78 Å². The normalized spacial score (nSPS) is 18.4. The van der Waals surface area contributed by atoms with Crippen LogP contribution in [0.2, 0.25) is 0 Å². The van der Waals surface area contributed by atoms with E-state index in [0.29, 0.717) is 19.4 Å². The van der Waals surface area contributed by atoms with Crippen LogP contribution in [0.1, 0.15) is 66.7 Å². The van der Waals surface area contributed by atoms with E-state index in [1.165, 1.54) is 25.7 Å². The fourth-order valence-corrected chi connectivity index (χ4v) is 3.64. The minimum atomic E-state index is 0.254. The fraction of sp³-hybridized carbons (Fsp3) is 0.688. The van der Waals surface area contributed by atoms with Crippen LogP contribution in [0.5, 0.6) is 0 Å². The monoisotopic (exact) mass is 271 g/mol. The summed E-state index contributed by atoms with van der Waals surface area (Å²) in [6.07, 6.45) is 9.37. The van der Waals surface area contributed by atoms with Gasteiger partial charge in [-0.05, 0) is 25.2 Å². The lowest BCUT2D eigenvalue weighted by Gasteiger charge is -2.07. The van der Waals surface area contributed by atoms with Gasteiger partial charge in [0.2, 0.25) is 0 Å². The molecule has 0 aromatic carbocycles. The van der Waals surface area contributed by atoms with Crippen molar-refractivity contribution in [2.24, 2.45) is 5.92 Å². The summed E-state index contributed by atoms with van der Waals surface area (Å²) < 4.78 is 1.91. The molecule has 0 atom stereocenters. The third-order valence-corrected chi connectivity index (χ3v) is 4.70. The Labute approximate surface area is 119 Å². The summed E-state index contributed by atoms with van der Waals surface area (Å²) in [6.45, 7) is 0.621. The second-order valence-corrected chi connectivity index (χ2v) is 6.01. The Morgan fingerprint density at radius 1 is 1.30 bits per heavy atom. The number of nitrogens with zero attached hydrogens (tertiary/aromatic N) is 3. The van der Waals surface area contributed by atoms with E-state index in [4.69, 9.17) is 5.26 Å². The minimum absolute atomic E-state index is 0.254. The van der Waals surface area contributed by atoms with Crippen molar-refractivity contribution < 1.29 is 4.79 Å². The summed E-state index contributed by atoms with van der Waals surface area (Å²) in [5.74, 6) is 1.08. The molecular weight excluding hydrogens is 250 g/mol. The zero-order valence-corrected chi connectivity index (χ0v) is 11.9. The molecule has 0 N–H and O–H groups in total. The van der Waals surface area contributed by atoms with Gasteiger partial charge >= 0.3 is 0 Å². The van der Waals surface area contributed by atoms with Crippen LogP contribution in [-0.4, -0.2) is 15.6 Å². The number of rotatable bonds is 5. The second kappa shape index (κ2) is 5.78. The van der Waals surface area contributed by atoms with Crippen LogP contribution in [0.3, 0.4) is 0 Å². The molecule has 1 aromatic rings. The van der Waals surface area contributed by atoms with E-state index in [9.17, 15) is 4.79 Å². The summed E-state index contributed by atoms with van der Waals surface area (Å²) >= 11 is 0. The first-order valence-electron chi connectivity index (χ1n) is 7.78. The van der Waals surface area contributed by atoms with E-state index >= 15 is 0 Å². The maximum Gasteiger partial charge on any atom is 0.166 e. The van der Waals surface area contributed by atoms with E-state index in [-0.39, 0.29) is 5.78 Å².